The number of anilines is 1. The van der Waals surface area contributed by atoms with Gasteiger partial charge in [0.25, 0.3) is 0 Å². The van der Waals surface area contributed by atoms with Gasteiger partial charge in [0.2, 0.25) is 0 Å². The second-order valence-corrected chi connectivity index (χ2v) is 6.92. The van der Waals surface area contributed by atoms with E-state index in [1.807, 2.05) is 29.0 Å². The zero-order valence-electron chi connectivity index (χ0n) is 10.4. The van der Waals surface area contributed by atoms with Gasteiger partial charge in [0.1, 0.15) is 0 Å². The Morgan fingerprint density at radius 1 is 1.40 bits per heavy atom. The lowest BCUT2D eigenvalue weighted by atomic mass is 10.2. The van der Waals surface area contributed by atoms with Crippen LogP contribution in [0, 0.1) is 0 Å². The quantitative estimate of drug-likeness (QED) is 0.705. The molecule has 0 aliphatic heterocycles. The van der Waals surface area contributed by atoms with E-state index in [0.29, 0.717) is 5.02 Å². The van der Waals surface area contributed by atoms with E-state index in [9.17, 15) is 0 Å². The van der Waals surface area contributed by atoms with E-state index in [4.69, 9.17) is 11.6 Å². The summed E-state index contributed by atoms with van der Waals surface area (Å²) in [7, 11) is 0. The van der Waals surface area contributed by atoms with Gasteiger partial charge in [0.15, 0.2) is 0 Å². The minimum atomic E-state index is 0.694. The molecule has 0 spiro atoms. The van der Waals surface area contributed by atoms with E-state index >= 15 is 0 Å². The smallest absolute Gasteiger partial charge is 0.0992 e. The highest BCUT2D eigenvalue weighted by Gasteiger charge is 2.09. The maximum atomic E-state index is 6.31. The van der Waals surface area contributed by atoms with Crippen LogP contribution < -0.4 is 5.32 Å². The van der Waals surface area contributed by atoms with Crippen molar-refractivity contribution in [1.29, 1.82) is 0 Å². The number of benzene rings is 1. The molecule has 0 bridgehead atoms. The standard InChI is InChI=1S/C14H11BrClN3S/c15-13-6-10(8-20-13)7-18-12-3-1-2-11(16)14(12)19-5-4-17-9-19/h1-6,8-9,18H,7H2. The monoisotopic (exact) mass is 367 g/mol. The minimum Gasteiger partial charge on any atom is -0.379 e. The number of thiophene rings is 1. The molecule has 0 fully saturated rings. The van der Waals surface area contributed by atoms with Gasteiger partial charge in [-0.05, 0) is 45.1 Å². The first kappa shape index (κ1) is 13.7. The summed E-state index contributed by atoms with van der Waals surface area (Å²) < 4.78 is 3.05. The fourth-order valence-corrected chi connectivity index (χ4v) is 3.43. The van der Waals surface area contributed by atoms with Crippen LogP contribution in [0.2, 0.25) is 5.02 Å². The molecule has 1 aromatic carbocycles. The molecule has 0 aliphatic rings. The SMILES string of the molecule is Clc1cccc(NCc2csc(Br)c2)c1-n1ccnc1. The summed E-state index contributed by atoms with van der Waals surface area (Å²) >= 11 is 11.5. The van der Waals surface area contributed by atoms with E-state index in [-0.39, 0.29) is 0 Å². The van der Waals surface area contributed by atoms with Crippen molar-refractivity contribution in [3.8, 4) is 5.69 Å². The molecule has 2 heterocycles. The van der Waals surface area contributed by atoms with Crippen LogP contribution in [0.4, 0.5) is 5.69 Å². The van der Waals surface area contributed by atoms with Crippen LogP contribution in [-0.2, 0) is 6.54 Å². The number of nitrogens with one attached hydrogen (secondary N) is 1. The van der Waals surface area contributed by atoms with E-state index in [2.05, 4.69) is 37.7 Å². The molecular weight excluding hydrogens is 358 g/mol. The summed E-state index contributed by atoms with van der Waals surface area (Å²) in [5.74, 6) is 0. The van der Waals surface area contributed by atoms with Crippen molar-refractivity contribution in [2.45, 2.75) is 6.54 Å². The second kappa shape index (κ2) is 5.99. The van der Waals surface area contributed by atoms with Crippen molar-refractivity contribution in [1.82, 2.24) is 9.55 Å². The maximum absolute atomic E-state index is 6.31. The Morgan fingerprint density at radius 2 is 2.30 bits per heavy atom. The van der Waals surface area contributed by atoms with Gasteiger partial charge >= 0.3 is 0 Å². The summed E-state index contributed by atoms with van der Waals surface area (Å²) in [4.78, 5) is 4.07. The molecule has 6 heteroatoms. The summed E-state index contributed by atoms with van der Waals surface area (Å²) in [5, 5.41) is 6.24. The Bertz CT molecular complexity index is 709. The average molecular weight is 369 g/mol. The van der Waals surface area contributed by atoms with Crippen LogP contribution >= 0.6 is 38.9 Å². The van der Waals surface area contributed by atoms with Crippen LogP contribution in [0.15, 0.2) is 52.2 Å². The highest BCUT2D eigenvalue weighted by Crippen LogP contribution is 2.29. The Balaban J connectivity index is 1.88. The molecule has 1 N–H and O–H groups in total. The van der Waals surface area contributed by atoms with Crippen molar-refractivity contribution in [2.24, 2.45) is 0 Å². The number of aromatic nitrogens is 2. The topological polar surface area (TPSA) is 29.9 Å². The Morgan fingerprint density at radius 3 is 3.00 bits per heavy atom. The van der Waals surface area contributed by atoms with Crippen LogP contribution in [0.1, 0.15) is 5.56 Å². The number of hydrogen-bond donors (Lipinski definition) is 1. The number of imidazole rings is 1. The fraction of sp³-hybridized carbons (Fsp3) is 0.0714. The summed E-state index contributed by atoms with van der Waals surface area (Å²) in [6.45, 7) is 0.754. The van der Waals surface area contributed by atoms with Crippen molar-refractivity contribution in [2.75, 3.05) is 5.32 Å². The number of halogens is 2. The van der Waals surface area contributed by atoms with Crippen LogP contribution in [0.25, 0.3) is 5.69 Å². The van der Waals surface area contributed by atoms with Crippen molar-refractivity contribution < 1.29 is 0 Å². The average Bonchev–Trinajstić information content (AvgIpc) is 3.08. The van der Waals surface area contributed by atoms with Crippen molar-refractivity contribution in [3.63, 3.8) is 0 Å². The van der Waals surface area contributed by atoms with Crippen molar-refractivity contribution in [3.05, 3.63) is 62.7 Å². The Kier molecular flexibility index (Phi) is 4.10. The zero-order valence-corrected chi connectivity index (χ0v) is 13.5. The summed E-state index contributed by atoms with van der Waals surface area (Å²) in [6, 6.07) is 7.94. The lowest BCUT2D eigenvalue weighted by Gasteiger charge is -2.13. The Labute approximate surface area is 134 Å². The third kappa shape index (κ3) is 2.90. The van der Waals surface area contributed by atoms with Gasteiger partial charge in [-0.1, -0.05) is 17.7 Å². The second-order valence-electron chi connectivity index (χ2n) is 4.22. The molecule has 0 saturated heterocycles. The molecule has 20 heavy (non-hydrogen) atoms. The molecule has 2 aromatic heterocycles. The van der Waals surface area contributed by atoms with Gasteiger partial charge in [0, 0.05) is 18.9 Å². The lowest BCUT2D eigenvalue weighted by Crippen LogP contribution is -2.03. The minimum absolute atomic E-state index is 0.694. The molecule has 0 saturated carbocycles. The first-order chi connectivity index (χ1) is 9.74. The molecule has 0 amide bonds. The lowest BCUT2D eigenvalue weighted by molar-refractivity contribution is 1.04. The Hall–Kier alpha value is -1.30. The fourth-order valence-electron chi connectivity index (χ4n) is 1.95. The van der Waals surface area contributed by atoms with Gasteiger partial charge in [-0.3, -0.25) is 0 Å². The van der Waals surface area contributed by atoms with Gasteiger partial charge < -0.3 is 9.88 Å². The summed E-state index contributed by atoms with van der Waals surface area (Å²) in [5.41, 5.74) is 3.14. The zero-order chi connectivity index (χ0) is 13.9. The molecule has 3 nitrogen and oxygen atoms in total. The number of nitrogens with zero attached hydrogens (tertiary/aromatic N) is 2. The van der Waals surface area contributed by atoms with E-state index < -0.39 is 0 Å². The van der Waals surface area contributed by atoms with Gasteiger partial charge in [-0.15, -0.1) is 11.3 Å². The predicted molar refractivity (Wildman–Crippen MR) is 87.9 cm³/mol. The summed E-state index contributed by atoms with van der Waals surface area (Å²) in [6.07, 6.45) is 5.37. The molecule has 3 rings (SSSR count). The van der Waals surface area contributed by atoms with Gasteiger partial charge in [-0.2, -0.15) is 0 Å². The largest absolute Gasteiger partial charge is 0.379 e. The van der Waals surface area contributed by atoms with Crippen molar-refractivity contribution >= 4 is 44.6 Å². The molecule has 0 atom stereocenters. The molecule has 0 aliphatic carbocycles. The number of para-hydroxylation sites is 1. The highest BCUT2D eigenvalue weighted by atomic mass is 79.9. The molecule has 102 valence electrons. The third-order valence-electron chi connectivity index (χ3n) is 2.85. The number of rotatable bonds is 4. The molecule has 0 radical (unpaired) electrons. The van der Waals surface area contributed by atoms with Crippen LogP contribution in [0.3, 0.4) is 0 Å². The predicted octanol–water partition coefficient (Wildman–Crippen LogP) is 4.96. The molecular formula is C14H11BrClN3S. The molecule has 0 unspecified atom stereocenters. The van der Waals surface area contributed by atoms with Crippen LogP contribution in [-0.4, -0.2) is 9.55 Å². The van der Waals surface area contributed by atoms with Crippen LogP contribution in [0.5, 0.6) is 0 Å². The maximum Gasteiger partial charge on any atom is 0.0992 e. The van der Waals surface area contributed by atoms with Gasteiger partial charge in [0.05, 0.1) is 26.5 Å². The first-order valence-corrected chi connectivity index (χ1v) is 8.03. The van der Waals surface area contributed by atoms with E-state index in [1.54, 1.807) is 23.9 Å². The molecule has 3 aromatic rings. The van der Waals surface area contributed by atoms with Gasteiger partial charge in [-0.25, -0.2) is 4.98 Å². The normalized spacial score (nSPS) is 10.7. The van der Waals surface area contributed by atoms with E-state index in [0.717, 1.165) is 21.7 Å². The van der Waals surface area contributed by atoms with E-state index in [1.165, 1.54) is 5.56 Å². The third-order valence-corrected chi connectivity index (χ3v) is 4.71. The first-order valence-electron chi connectivity index (χ1n) is 5.97. The number of hydrogen-bond acceptors (Lipinski definition) is 3. The highest BCUT2D eigenvalue weighted by molar-refractivity contribution is 9.11.